The number of hydrogen-bond acceptors (Lipinski definition) is 3. The van der Waals surface area contributed by atoms with Gasteiger partial charge in [-0.1, -0.05) is 26.0 Å². The molecular formula is C20H29NO2. The topological polar surface area (TPSA) is 42.4 Å². The Morgan fingerprint density at radius 2 is 1.65 bits per heavy atom. The van der Waals surface area contributed by atoms with Crippen LogP contribution in [0.5, 0.6) is 5.75 Å². The first-order valence-corrected chi connectivity index (χ1v) is 8.43. The number of nitrogens with zero attached hydrogens (tertiary/aromatic N) is 1. The third kappa shape index (κ3) is 7.80. The lowest BCUT2D eigenvalue weighted by atomic mass is 9.99. The molecule has 3 nitrogen and oxygen atoms in total. The van der Waals surface area contributed by atoms with Gasteiger partial charge in [0.15, 0.2) is 0 Å². The molecule has 1 aromatic heterocycles. The summed E-state index contributed by atoms with van der Waals surface area (Å²) < 4.78 is 5.78. The third-order valence-corrected chi connectivity index (χ3v) is 3.69. The first-order valence-electron chi connectivity index (χ1n) is 8.43. The van der Waals surface area contributed by atoms with Gasteiger partial charge in [-0.05, 0) is 67.5 Å². The number of aliphatic hydroxyl groups excluding tert-OH is 1. The van der Waals surface area contributed by atoms with Crippen molar-refractivity contribution in [2.24, 2.45) is 0 Å². The molecule has 23 heavy (non-hydrogen) atoms. The maximum absolute atomic E-state index is 7.57. The normalized spacial score (nSPS) is 11.3. The molecule has 0 aliphatic carbocycles. The van der Waals surface area contributed by atoms with Crippen LogP contribution in [0, 0.1) is 0 Å². The smallest absolute Gasteiger partial charge is 0.119 e. The van der Waals surface area contributed by atoms with E-state index < -0.39 is 0 Å². The minimum Gasteiger partial charge on any atom is -0.494 e. The van der Waals surface area contributed by atoms with Crippen molar-refractivity contribution < 1.29 is 9.84 Å². The molecule has 0 saturated carbocycles. The van der Waals surface area contributed by atoms with E-state index in [0.717, 1.165) is 25.2 Å². The lowest BCUT2D eigenvalue weighted by Gasteiger charge is -2.10. The molecule has 0 fully saturated rings. The second-order valence-corrected chi connectivity index (χ2v) is 5.50. The van der Waals surface area contributed by atoms with E-state index in [4.69, 9.17) is 9.84 Å². The summed E-state index contributed by atoms with van der Waals surface area (Å²) in [5, 5.41) is 7.57. The lowest BCUT2D eigenvalue weighted by Crippen LogP contribution is -2.00. The van der Waals surface area contributed by atoms with Gasteiger partial charge in [0.2, 0.25) is 0 Å². The summed E-state index contributed by atoms with van der Waals surface area (Å²) in [6.45, 7) is 7.16. The van der Waals surface area contributed by atoms with E-state index >= 15 is 0 Å². The summed E-state index contributed by atoms with van der Waals surface area (Å²) in [6, 6.07) is 12.6. The molecule has 2 rings (SSSR count). The molecule has 0 aliphatic heterocycles. The Labute approximate surface area is 140 Å². The summed E-state index contributed by atoms with van der Waals surface area (Å²) in [5.41, 5.74) is 2.70. The van der Waals surface area contributed by atoms with Crippen molar-refractivity contribution >= 4 is 0 Å². The van der Waals surface area contributed by atoms with Crippen LogP contribution in [0.2, 0.25) is 0 Å². The van der Waals surface area contributed by atoms with Crippen LogP contribution in [0.4, 0.5) is 0 Å². The van der Waals surface area contributed by atoms with E-state index in [-0.39, 0.29) is 6.61 Å². The van der Waals surface area contributed by atoms with Crippen molar-refractivity contribution in [1.82, 2.24) is 4.98 Å². The monoisotopic (exact) mass is 315 g/mol. The molecule has 0 aliphatic rings. The van der Waals surface area contributed by atoms with Crippen LogP contribution in [0.3, 0.4) is 0 Å². The van der Waals surface area contributed by atoms with Crippen LogP contribution in [-0.4, -0.2) is 23.3 Å². The van der Waals surface area contributed by atoms with Crippen molar-refractivity contribution in [2.45, 2.75) is 46.0 Å². The summed E-state index contributed by atoms with van der Waals surface area (Å²) in [6.07, 6.45) is 6.91. The van der Waals surface area contributed by atoms with Gasteiger partial charge in [-0.25, -0.2) is 0 Å². The van der Waals surface area contributed by atoms with Crippen LogP contribution in [0.15, 0.2) is 48.8 Å². The van der Waals surface area contributed by atoms with Crippen LogP contribution in [0.1, 0.15) is 50.7 Å². The zero-order chi connectivity index (χ0) is 16.9. The number of benzene rings is 1. The number of pyridine rings is 1. The zero-order valence-electron chi connectivity index (χ0n) is 14.5. The van der Waals surface area contributed by atoms with Gasteiger partial charge in [0.1, 0.15) is 5.75 Å². The minimum atomic E-state index is 0.250. The van der Waals surface area contributed by atoms with E-state index in [1.165, 1.54) is 17.5 Å². The number of rotatable bonds is 7. The molecule has 0 radical (unpaired) electrons. The molecule has 3 heteroatoms. The van der Waals surface area contributed by atoms with E-state index in [1.54, 1.807) is 6.92 Å². The summed E-state index contributed by atoms with van der Waals surface area (Å²) in [4.78, 5) is 4.02. The quantitative estimate of drug-likeness (QED) is 0.759. The molecule has 1 unspecified atom stereocenters. The van der Waals surface area contributed by atoms with E-state index in [2.05, 4.69) is 55.2 Å². The minimum absolute atomic E-state index is 0.250. The molecule has 0 bridgehead atoms. The largest absolute Gasteiger partial charge is 0.494 e. The van der Waals surface area contributed by atoms with Crippen molar-refractivity contribution in [1.29, 1.82) is 0 Å². The highest BCUT2D eigenvalue weighted by molar-refractivity contribution is 5.29. The van der Waals surface area contributed by atoms with E-state index in [9.17, 15) is 0 Å². The van der Waals surface area contributed by atoms with Crippen molar-refractivity contribution in [3.05, 3.63) is 59.9 Å². The molecule has 0 amide bonds. The highest BCUT2D eigenvalue weighted by atomic mass is 16.5. The number of hydrogen-bond donors (Lipinski definition) is 1. The fourth-order valence-corrected chi connectivity index (χ4v) is 2.14. The Hall–Kier alpha value is -1.87. The molecule has 0 spiro atoms. The maximum Gasteiger partial charge on any atom is 0.119 e. The Balaban J connectivity index is 0.000000816. The van der Waals surface area contributed by atoms with Gasteiger partial charge in [-0.3, -0.25) is 4.98 Å². The van der Waals surface area contributed by atoms with Gasteiger partial charge < -0.3 is 9.84 Å². The second-order valence-electron chi connectivity index (χ2n) is 5.50. The summed E-state index contributed by atoms with van der Waals surface area (Å²) >= 11 is 0. The number of aryl methyl sites for hydroxylation is 1. The Kier molecular flexibility index (Phi) is 9.73. The molecule has 1 N–H and O–H groups in total. The average Bonchev–Trinajstić information content (AvgIpc) is 2.60. The molecule has 1 atom stereocenters. The Bertz CT molecular complexity index is 511. The van der Waals surface area contributed by atoms with Crippen LogP contribution in [-0.2, 0) is 6.42 Å². The molecule has 126 valence electrons. The first kappa shape index (κ1) is 19.2. The second kappa shape index (κ2) is 11.7. The third-order valence-electron chi connectivity index (χ3n) is 3.69. The molecule has 0 saturated heterocycles. The SMILES string of the molecule is CCC(C)c1ccc(OCCCc2ccncc2)cc1.CCO. The van der Waals surface area contributed by atoms with Gasteiger partial charge in [0.25, 0.3) is 0 Å². The summed E-state index contributed by atoms with van der Waals surface area (Å²) in [7, 11) is 0. The molecule has 2 aromatic rings. The molecule has 1 heterocycles. The lowest BCUT2D eigenvalue weighted by molar-refractivity contribution is 0.311. The van der Waals surface area contributed by atoms with E-state index in [0.29, 0.717) is 5.92 Å². The maximum atomic E-state index is 7.57. The van der Waals surface area contributed by atoms with Crippen LogP contribution >= 0.6 is 0 Å². The van der Waals surface area contributed by atoms with Gasteiger partial charge in [0, 0.05) is 19.0 Å². The van der Waals surface area contributed by atoms with Crippen molar-refractivity contribution in [3.8, 4) is 5.75 Å². The highest BCUT2D eigenvalue weighted by Crippen LogP contribution is 2.21. The fraction of sp³-hybridized carbons (Fsp3) is 0.450. The zero-order valence-corrected chi connectivity index (χ0v) is 14.5. The van der Waals surface area contributed by atoms with Crippen LogP contribution < -0.4 is 4.74 Å². The highest BCUT2D eigenvalue weighted by Gasteiger charge is 2.02. The van der Waals surface area contributed by atoms with Crippen molar-refractivity contribution in [3.63, 3.8) is 0 Å². The predicted octanol–water partition coefficient (Wildman–Crippen LogP) is 4.61. The van der Waals surface area contributed by atoms with Gasteiger partial charge in [-0.15, -0.1) is 0 Å². The number of aromatic nitrogens is 1. The van der Waals surface area contributed by atoms with Crippen LogP contribution in [0.25, 0.3) is 0 Å². The first-order chi connectivity index (χ1) is 11.2. The van der Waals surface area contributed by atoms with E-state index in [1.807, 2.05) is 12.4 Å². The fourth-order valence-electron chi connectivity index (χ4n) is 2.14. The Morgan fingerprint density at radius 1 is 1.04 bits per heavy atom. The van der Waals surface area contributed by atoms with Gasteiger partial charge in [-0.2, -0.15) is 0 Å². The standard InChI is InChI=1S/C18H23NO.C2H6O/c1-3-15(2)17-6-8-18(9-7-17)20-14-4-5-16-10-12-19-13-11-16;1-2-3/h6-13,15H,3-5,14H2,1-2H3;3H,2H2,1H3. The predicted molar refractivity (Wildman–Crippen MR) is 96.0 cm³/mol. The van der Waals surface area contributed by atoms with Gasteiger partial charge in [0.05, 0.1) is 6.61 Å². The average molecular weight is 315 g/mol. The molecule has 1 aromatic carbocycles. The summed E-state index contributed by atoms with van der Waals surface area (Å²) in [5.74, 6) is 1.59. The number of aliphatic hydroxyl groups is 1. The van der Waals surface area contributed by atoms with Gasteiger partial charge >= 0.3 is 0 Å². The Morgan fingerprint density at radius 3 is 2.22 bits per heavy atom. The molecular weight excluding hydrogens is 286 g/mol. The van der Waals surface area contributed by atoms with Crippen molar-refractivity contribution in [2.75, 3.05) is 13.2 Å². The number of ether oxygens (including phenoxy) is 1.